The zero-order chi connectivity index (χ0) is 15.5. The van der Waals surface area contributed by atoms with Crippen molar-refractivity contribution in [3.8, 4) is 0 Å². The molecule has 4 nitrogen and oxygen atoms in total. The highest BCUT2D eigenvalue weighted by molar-refractivity contribution is 5.61. The van der Waals surface area contributed by atoms with Crippen LogP contribution in [0.1, 0.15) is 42.5 Å². The average molecular weight is 296 g/mol. The maximum absolute atomic E-state index is 4.62. The van der Waals surface area contributed by atoms with Gasteiger partial charge in [0.1, 0.15) is 5.82 Å². The zero-order valence-corrected chi connectivity index (χ0v) is 13.6. The van der Waals surface area contributed by atoms with Crippen LogP contribution in [0.4, 0.5) is 17.5 Å². The van der Waals surface area contributed by atoms with Crippen molar-refractivity contribution in [1.29, 1.82) is 0 Å². The topological polar surface area (TPSA) is 49.8 Å². The highest BCUT2D eigenvalue weighted by Crippen LogP contribution is 2.24. The Hall–Kier alpha value is -2.10. The number of rotatable bonds is 4. The first-order valence-corrected chi connectivity index (χ1v) is 8.06. The normalized spacial score (nSPS) is 15.0. The van der Waals surface area contributed by atoms with E-state index in [4.69, 9.17) is 0 Å². The van der Waals surface area contributed by atoms with Crippen LogP contribution in [0.3, 0.4) is 0 Å². The van der Waals surface area contributed by atoms with Gasteiger partial charge >= 0.3 is 0 Å². The van der Waals surface area contributed by atoms with Gasteiger partial charge in [0.2, 0.25) is 5.95 Å². The number of hydrogen-bond donors (Lipinski definition) is 2. The predicted octanol–water partition coefficient (Wildman–Crippen LogP) is 4.50. The number of aryl methyl sites for hydroxylation is 3. The standard InChI is InChI=1S/C18H24N4/c1-12-8-9-16(13(2)10-12)21-17-11-14(3)19-18(22-17)20-15-6-4-5-7-15/h8-11,15H,4-7H2,1-3H3,(H2,19,20,21,22). The third-order valence-corrected chi connectivity index (χ3v) is 4.19. The largest absolute Gasteiger partial charge is 0.351 e. The van der Waals surface area contributed by atoms with E-state index >= 15 is 0 Å². The van der Waals surface area contributed by atoms with Gasteiger partial charge in [0, 0.05) is 23.5 Å². The van der Waals surface area contributed by atoms with Crippen molar-refractivity contribution in [2.45, 2.75) is 52.5 Å². The minimum absolute atomic E-state index is 0.524. The first-order chi connectivity index (χ1) is 10.6. The summed E-state index contributed by atoms with van der Waals surface area (Å²) in [7, 11) is 0. The number of nitrogens with zero attached hydrogens (tertiary/aromatic N) is 2. The maximum atomic E-state index is 4.62. The van der Waals surface area contributed by atoms with E-state index in [1.54, 1.807) is 0 Å². The third kappa shape index (κ3) is 3.56. The molecule has 0 spiro atoms. The summed E-state index contributed by atoms with van der Waals surface area (Å²) in [6, 6.07) is 8.90. The van der Waals surface area contributed by atoms with Gasteiger partial charge in [-0.3, -0.25) is 0 Å². The Morgan fingerprint density at radius 3 is 2.50 bits per heavy atom. The fourth-order valence-corrected chi connectivity index (χ4v) is 3.04. The lowest BCUT2D eigenvalue weighted by atomic mass is 10.1. The maximum Gasteiger partial charge on any atom is 0.225 e. The van der Waals surface area contributed by atoms with Crippen LogP contribution >= 0.6 is 0 Å². The Bertz CT molecular complexity index is 660. The summed E-state index contributed by atoms with van der Waals surface area (Å²) in [4.78, 5) is 9.14. The molecule has 1 aliphatic rings. The zero-order valence-electron chi connectivity index (χ0n) is 13.6. The molecular weight excluding hydrogens is 272 g/mol. The quantitative estimate of drug-likeness (QED) is 0.872. The summed E-state index contributed by atoms with van der Waals surface area (Å²) < 4.78 is 0. The molecule has 1 saturated carbocycles. The van der Waals surface area contributed by atoms with E-state index in [9.17, 15) is 0 Å². The van der Waals surface area contributed by atoms with Gasteiger partial charge in [0.05, 0.1) is 0 Å². The summed E-state index contributed by atoms with van der Waals surface area (Å²) in [5.74, 6) is 1.58. The molecule has 0 bridgehead atoms. The summed E-state index contributed by atoms with van der Waals surface area (Å²) >= 11 is 0. The fraction of sp³-hybridized carbons (Fsp3) is 0.444. The molecule has 0 atom stereocenters. The van der Waals surface area contributed by atoms with E-state index in [1.807, 2.05) is 13.0 Å². The second-order valence-corrected chi connectivity index (χ2v) is 6.29. The van der Waals surface area contributed by atoms with E-state index in [0.29, 0.717) is 6.04 Å². The monoisotopic (exact) mass is 296 g/mol. The molecule has 1 fully saturated rings. The molecule has 0 aliphatic heterocycles. The minimum Gasteiger partial charge on any atom is -0.351 e. The van der Waals surface area contributed by atoms with Crippen LogP contribution in [-0.2, 0) is 0 Å². The Labute approximate surface area is 132 Å². The van der Waals surface area contributed by atoms with Gasteiger partial charge < -0.3 is 10.6 Å². The van der Waals surface area contributed by atoms with Crippen molar-refractivity contribution in [2.75, 3.05) is 10.6 Å². The molecule has 0 amide bonds. The van der Waals surface area contributed by atoms with Crippen molar-refractivity contribution in [3.63, 3.8) is 0 Å². The summed E-state index contributed by atoms with van der Waals surface area (Å²) in [5, 5.41) is 6.88. The predicted molar refractivity (Wildman–Crippen MR) is 91.8 cm³/mol. The van der Waals surface area contributed by atoms with Crippen molar-refractivity contribution in [1.82, 2.24) is 9.97 Å². The molecule has 0 radical (unpaired) electrons. The molecule has 1 aromatic carbocycles. The van der Waals surface area contributed by atoms with E-state index in [0.717, 1.165) is 23.1 Å². The van der Waals surface area contributed by atoms with Crippen LogP contribution in [-0.4, -0.2) is 16.0 Å². The first kappa shape index (κ1) is 14.8. The highest BCUT2D eigenvalue weighted by atomic mass is 15.2. The van der Waals surface area contributed by atoms with Crippen LogP contribution in [0.2, 0.25) is 0 Å². The lowest BCUT2D eigenvalue weighted by Gasteiger charge is -2.15. The Kier molecular flexibility index (Phi) is 4.27. The summed E-state index contributed by atoms with van der Waals surface area (Å²) in [5.41, 5.74) is 4.56. The molecule has 116 valence electrons. The molecule has 2 N–H and O–H groups in total. The highest BCUT2D eigenvalue weighted by Gasteiger charge is 2.16. The van der Waals surface area contributed by atoms with Gasteiger partial charge in [-0.05, 0) is 45.2 Å². The van der Waals surface area contributed by atoms with Crippen molar-refractivity contribution in [3.05, 3.63) is 41.1 Å². The Balaban J connectivity index is 1.79. The Morgan fingerprint density at radius 1 is 1.00 bits per heavy atom. The van der Waals surface area contributed by atoms with Crippen LogP contribution in [0, 0.1) is 20.8 Å². The minimum atomic E-state index is 0.524. The summed E-state index contributed by atoms with van der Waals surface area (Å²) in [6.07, 6.45) is 5.04. The molecule has 22 heavy (non-hydrogen) atoms. The van der Waals surface area contributed by atoms with E-state index in [-0.39, 0.29) is 0 Å². The van der Waals surface area contributed by atoms with Gasteiger partial charge in [-0.2, -0.15) is 4.98 Å². The average Bonchev–Trinajstić information content (AvgIpc) is 2.94. The number of anilines is 3. The van der Waals surface area contributed by atoms with Gasteiger partial charge in [0.15, 0.2) is 0 Å². The van der Waals surface area contributed by atoms with Crippen LogP contribution in [0.15, 0.2) is 24.3 Å². The Morgan fingerprint density at radius 2 is 1.77 bits per heavy atom. The lowest BCUT2D eigenvalue weighted by molar-refractivity contribution is 0.743. The number of nitrogens with one attached hydrogen (secondary N) is 2. The van der Waals surface area contributed by atoms with E-state index in [2.05, 4.69) is 52.6 Å². The van der Waals surface area contributed by atoms with Gasteiger partial charge in [-0.15, -0.1) is 0 Å². The van der Waals surface area contributed by atoms with E-state index < -0.39 is 0 Å². The second-order valence-electron chi connectivity index (χ2n) is 6.29. The molecule has 0 unspecified atom stereocenters. The molecule has 1 aliphatic carbocycles. The molecule has 1 heterocycles. The number of hydrogen-bond acceptors (Lipinski definition) is 4. The first-order valence-electron chi connectivity index (χ1n) is 8.06. The molecular formula is C18H24N4. The number of aromatic nitrogens is 2. The smallest absolute Gasteiger partial charge is 0.225 e. The van der Waals surface area contributed by atoms with Crippen molar-refractivity contribution >= 4 is 17.5 Å². The van der Waals surface area contributed by atoms with Crippen molar-refractivity contribution in [2.24, 2.45) is 0 Å². The van der Waals surface area contributed by atoms with E-state index in [1.165, 1.54) is 36.8 Å². The second kappa shape index (κ2) is 6.34. The van der Waals surface area contributed by atoms with Gasteiger partial charge in [-0.25, -0.2) is 4.98 Å². The molecule has 4 heteroatoms. The van der Waals surface area contributed by atoms with Crippen molar-refractivity contribution < 1.29 is 0 Å². The van der Waals surface area contributed by atoms with Gasteiger partial charge in [0.25, 0.3) is 0 Å². The number of benzene rings is 1. The molecule has 2 aromatic rings. The molecule has 3 rings (SSSR count). The SMILES string of the molecule is Cc1ccc(Nc2cc(C)nc(NC3CCCC3)n2)c(C)c1. The molecule has 1 aromatic heterocycles. The molecule has 0 saturated heterocycles. The van der Waals surface area contributed by atoms with Crippen LogP contribution < -0.4 is 10.6 Å². The summed E-state index contributed by atoms with van der Waals surface area (Å²) in [6.45, 7) is 6.23. The van der Waals surface area contributed by atoms with Gasteiger partial charge in [-0.1, -0.05) is 30.5 Å². The van der Waals surface area contributed by atoms with Crippen LogP contribution in [0.5, 0.6) is 0 Å². The third-order valence-electron chi connectivity index (χ3n) is 4.19. The lowest BCUT2D eigenvalue weighted by Crippen LogP contribution is -2.17. The fourth-order valence-electron chi connectivity index (χ4n) is 3.04. The van der Waals surface area contributed by atoms with Crippen LogP contribution in [0.25, 0.3) is 0 Å².